The lowest BCUT2D eigenvalue weighted by atomic mass is 9.97. The molecule has 0 saturated heterocycles. The van der Waals surface area contributed by atoms with Crippen molar-refractivity contribution < 1.29 is 15.3 Å². The molecule has 2 unspecified atom stereocenters. The van der Waals surface area contributed by atoms with Crippen LogP contribution in [0, 0.1) is 0 Å². The molecule has 6 nitrogen and oxygen atoms in total. The summed E-state index contributed by atoms with van der Waals surface area (Å²) < 4.78 is 0. The zero-order valence-corrected chi connectivity index (χ0v) is 10.3. The smallest absolute Gasteiger partial charge is 0.105 e. The second-order valence-electron chi connectivity index (χ2n) is 3.76. The van der Waals surface area contributed by atoms with Gasteiger partial charge in [-0.15, -0.1) is 0 Å². The summed E-state index contributed by atoms with van der Waals surface area (Å²) >= 11 is 5.77. The van der Waals surface area contributed by atoms with Crippen LogP contribution >= 0.6 is 11.6 Å². The first-order valence-corrected chi connectivity index (χ1v) is 5.74. The molecule has 1 aromatic rings. The van der Waals surface area contributed by atoms with Crippen molar-refractivity contribution in [3.8, 4) is 0 Å². The van der Waals surface area contributed by atoms with Gasteiger partial charge in [-0.25, -0.2) is 0 Å². The van der Waals surface area contributed by atoms with Crippen molar-refractivity contribution >= 4 is 11.6 Å². The summed E-state index contributed by atoms with van der Waals surface area (Å²) in [6, 6.07) is 4.65. The Morgan fingerprint density at radius 3 is 2.72 bits per heavy atom. The number of azide groups is 1. The van der Waals surface area contributed by atoms with Crippen molar-refractivity contribution in [1.29, 1.82) is 0 Å². The number of aliphatic hydroxyl groups excluding tert-OH is 3. The monoisotopic (exact) mass is 271 g/mol. The van der Waals surface area contributed by atoms with Crippen LogP contribution in [0.25, 0.3) is 10.4 Å². The molecule has 2 atom stereocenters. The van der Waals surface area contributed by atoms with Crippen LogP contribution in [-0.2, 0) is 6.61 Å². The fourth-order valence-electron chi connectivity index (χ4n) is 1.60. The van der Waals surface area contributed by atoms with Gasteiger partial charge in [0.05, 0.1) is 12.7 Å². The lowest BCUT2D eigenvalue weighted by Crippen LogP contribution is -2.20. The zero-order chi connectivity index (χ0) is 13.5. The summed E-state index contributed by atoms with van der Waals surface area (Å²) in [5.74, 6) is 0. The van der Waals surface area contributed by atoms with Gasteiger partial charge in [0.1, 0.15) is 6.10 Å². The standard InChI is InChI=1S/C11H14ClN3O3/c12-8-1-2-9(7(5-8)6-16)11(18)10(17)3-4-14-15-13/h1-2,5,10-11,16-18H,3-4,6H2. The molecule has 3 N–H and O–H groups in total. The van der Waals surface area contributed by atoms with Gasteiger partial charge in [-0.05, 0) is 35.2 Å². The van der Waals surface area contributed by atoms with Gasteiger partial charge < -0.3 is 15.3 Å². The Labute approximate surface area is 109 Å². The largest absolute Gasteiger partial charge is 0.392 e. The van der Waals surface area contributed by atoms with Gasteiger partial charge in [0.15, 0.2) is 0 Å². The fourth-order valence-corrected chi connectivity index (χ4v) is 1.79. The average Bonchev–Trinajstić information content (AvgIpc) is 2.37. The topological polar surface area (TPSA) is 109 Å². The van der Waals surface area contributed by atoms with Crippen LogP contribution in [0.4, 0.5) is 0 Å². The molecule has 0 saturated carbocycles. The molecule has 0 aliphatic rings. The molecule has 1 rings (SSSR count). The summed E-state index contributed by atoms with van der Waals surface area (Å²) in [4.78, 5) is 2.56. The fraction of sp³-hybridized carbons (Fsp3) is 0.455. The highest BCUT2D eigenvalue weighted by Crippen LogP contribution is 2.25. The Balaban J connectivity index is 2.82. The van der Waals surface area contributed by atoms with Crippen molar-refractivity contribution in [3.05, 3.63) is 44.8 Å². The number of rotatable bonds is 6. The van der Waals surface area contributed by atoms with E-state index in [1.165, 1.54) is 6.07 Å². The molecule has 98 valence electrons. The number of nitrogens with zero attached hydrogens (tertiary/aromatic N) is 3. The second-order valence-corrected chi connectivity index (χ2v) is 4.19. The molecule has 0 spiro atoms. The second kappa shape index (κ2) is 7.20. The van der Waals surface area contributed by atoms with Crippen LogP contribution < -0.4 is 0 Å². The van der Waals surface area contributed by atoms with Crippen molar-refractivity contribution in [2.24, 2.45) is 5.11 Å². The Bertz CT molecular complexity index is 449. The first-order chi connectivity index (χ1) is 8.60. The van der Waals surface area contributed by atoms with Gasteiger partial charge >= 0.3 is 0 Å². The molecule has 0 heterocycles. The van der Waals surface area contributed by atoms with Crippen molar-refractivity contribution in [2.75, 3.05) is 6.54 Å². The highest BCUT2D eigenvalue weighted by Gasteiger charge is 2.20. The third kappa shape index (κ3) is 3.87. The van der Waals surface area contributed by atoms with Gasteiger partial charge in [-0.3, -0.25) is 0 Å². The van der Waals surface area contributed by atoms with Crippen LogP contribution in [0.3, 0.4) is 0 Å². The van der Waals surface area contributed by atoms with Gasteiger partial charge in [0.2, 0.25) is 0 Å². The first kappa shape index (κ1) is 14.8. The van der Waals surface area contributed by atoms with Gasteiger partial charge in [0.25, 0.3) is 0 Å². The van der Waals surface area contributed by atoms with E-state index in [0.29, 0.717) is 16.1 Å². The molecular weight excluding hydrogens is 258 g/mol. The Kier molecular flexibility index (Phi) is 5.91. The summed E-state index contributed by atoms with van der Waals surface area (Å²) in [6.07, 6.45) is -2.08. The van der Waals surface area contributed by atoms with Crippen LogP contribution in [0.5, 0.6) is 0 Å². The molecule has 0 bridgehead atoms. The van der Waals surface area contributed by atoms with E-state index in [0.717, 1.165) is 0 Å². The lowest BCUT2D eigenvalue weighted by Gasteiger charge is -2.20. The number of benzene rings is 1. The Morgan fingerprint density at radius 2 is 2.11 bits per heavy atom. The van der Waals surface area contributed by atoms with E-state index in [2.05, 4.69) is 10.0 Å². The van der Waals surface area contributed by atoms with Gasteiger partial charge in [-0.2, -0.15) is 0 Å². The third-order valence-electron chi connectivity index (χ3n) is 2.55. The molecule has 0 aliphatic heterocycles. The summed E-state index contributed by atoms with van der Waals surface area (Å²) in [5, 5.41) is 32.6. The van der Waals surface area contributed by atoms with Crippen molar-refractivity contribution in [3.63, 3.8) is 0 Å². The van der Waals surface area contributed by atoms with Crippen LogP contribution in [0.15, 0.2) is 23.3 Å². The first-order valence-electron chi connectivity index (χ1n) is 5.36. The minimum absolute atomic E-state index is 0.0940. The highest BCUT2D eigenvalue weighted by atomic mass is 35.5. The van der Waals surface area contributed by atoms with Gasteiger partial charge in [-0.1, -0.05) is 22.8 Å². The van der Waals surface area contributed by atoms with Crippen molar-refractivity contribution in [2.45, 2.75) is 25.2 Å². The average molecular weight is 272 g/mol. The van der Waals surface area contributed by atoms with Crippen LogP contribution in [0.2, 0.25) is 5.02 Å². The zero-order valence-electron chi connectivity index (χ0n) is 9.57. The lowest BCUT2D eigenvalue weighted by molar-refractivity contribution is 0.0139. The molecular formula is C11H14ClN3O3. The van der Waals surface area contributed by atoms with E-state index in [4.69, 9.17) is 22.2 Å². The predicted molar refractivity (Wildman–Crippen MR) is 67.0 cm³/mol. The Morgan fingerprint density at radius 1 is 1.39 bits per heavy atom. The molecule has 7 heteroatoms. The summed E-state index contributed by atoms with van der Waals surface area (Å²) in [5.41, 5.74) is 8.98. The number of hydrogen-bond acceptors (Lipinski definition) is 4. The van der Waals surface area contributed by atoms with Crippen LogP contribution in [-0.4, -0.2) is 28.0 Å². The highest BCUT2D eigenvalue weighted by molar-refractivity contribution is 6.30. The van der Waals surface area contributed by atoms with Crippen LogP contribution in [0.1, 0.15) is 23.7 Å². The quantitative estimate of drug-likeness (QED) is 0.418. The number of aliphatic hydroxyl groups is 3. The minimum Gasteiger partial charge on any atom is -0.392 e. The van der Waals surface area contributed by atoms with E-state index in [1.54, 1.807) is 12.1 Å². The number of halogens is 1. The molecule has 1 aromatic carbocycles. The van der Waals surface area contributed by atoms with E-state index in [1.807, 2.05) is 0 Å². The van der Waals surface area contributed by atoms with Crippen molar-refractivity contribution in [1.82, 2.24) is 0 Å². The SMILES string of the molecule is [N-]=[N+]=NCCC(O)C(O)c1ccc(Cl)cc1CO. The number of hydrogen-bond donors (Lipinski definition) is 3. The summed E-state index contributed by atoms with van der Waals surface area (Å²) in [7, 11) is 0. The molecule has 0 amide bonds. The molecule has 0 fully saturated rings. The molecule has 18 heavy (non-hydrogen) atoms. The minimum atomic E-state index is -1.15. The maximum absolute atomic E-state index is 9.95. The van der Waals surface area contributed by atoms with E-state index in [-0.39, 0.29) is 19.6 Å². The predicted octanol–water partition coefficient (Wildman–Crippen LogP) is 1.93. The normalized spacial score (nSPS) is 13.8. The van der Waals surface area contributed by atoms with E-state index < -0.39 is 12.2 Å². The van der Waals surface area contributed by atoms with E-state index in [9.17, 15) is 10.2 Å². The summed E-state index contributed by atoms with van der Waals surface area (Å²) in [6.45, 7) is -0.188. The van der Waals surface area contributed by atoms with E-state index >= 15 is 0 Å². The molecule has 0 aromatic heterocycles. The molecule has 0 aliphatic carbocycles. The maximum atomic E-state index is 9.95. The van der Waals surface area contributed by atoms with Gasteiger partial charge in [0, 0.05) is 16.5 Å². The molecule has 0 radical (unpaired) electrons. The third-order valence-corrected chi connectivity index (χ3v) is 2.78. The Hall–Kier alpha value is -1.30. The maximum Gasteiger partial charge on any atom is 0.105 e.